The standard InChI is InChI=1S/C16H11ClFNO3/c17-11-6-7-14(12(9-11)16(21)22)19-15(20)8-5-10-3-1-2-4-13(10)18/h1-9H,(H,19,20)(H,21,22)/b8-5+. The van der Waals surface area contributed by atoms with Crippen molar-refractivity contribution in [3.8, 4) is 0 Å². The highest BCUT2D eigenvalue weighted by atomic mass is 35.5. The Balaban J connectivity index is 2.16. The molecule has 0 aliphatic rings. The van der Waals surface area contributed by atoms with Crippen molar-refractivity contribution >= 4 is 35.2 Å². The molecule has 0 heterocycles. The minimum Gasteiger partial charge on any atom is -0.478 e. The van der Waals surface area contributed by atoms with E-state index in [9.17, 15) is 14.0 Å². The zero-order valence-electron chi connectivity index (χ0n) is 11.2. The highest BCUT2D eigenvalue weighted by Crippen LogP contribution is 2.21. The van der Waals surface area contributed by atoms with Crippen LogP contribution in [0.5, 0.6) is 0 Å². The predicted octanol–water partition coefficient (Wildman–Crippen LogP) is 3.83. The highest BCUT2D eigenvalue weighted by molar-refractivity contribution is 6.31. The maximum atomic E-state index is 13.4. The molecule has 112 valence electrons. The summed E-state index contributed by atoms with van der Waals surface area (Å²) in [6.45, 7) is 0. The zero-order chi connectivity index (χ0) is 16.1. The molecule has 0 aliphatic carbocycles. The number of nitrogens with one attached hydrogen (secondary N) is 1. The van der Waals surface area contributed by atoms with Crippen LogP contribution in [0.25, 0.3) is 6.08 Å². The minimum atomic E-state index is -1.21. The fourth-order valence-electron chi connectivity index (χ4n) is 1.75. The molecule has 1 amide bonds. The van der Waals surface area contributed by atoms with Crippen LogP contribution in [-0.4, -0.2) is 17.0 Å². The van der Waals surface area contributed by atoms with Crippen LogP contribution in [0.3, 0.4) is 0 Å². The van der Waals surface area contributed by atoms with Gasteiger partial charge in [0.2, 0.25) is 5.91 Å². The van der Waals surface area contributed by atoms with E-state index in [0.29, 0.717) is 0 Å². The van der Waals surface area contributed by atoms with Crippen LogP contribution < -0.4 is 5.32 Å². The number of amides is 1. The van der Waals surface area contributed by atoms with Crippen LogP contribution in [0.2, 0.25) is 5.02 Å². The number of rotatable bonds is 4. The van der Waals surface area contributed by atoms with Gasteiger partial charge in [0.05, 0.1) is 11.3 Å². The van der Waals surface area contributed by atoms with Crippen LogP contribution in [0.15, 0.2) is 48.5 Å². The Kier molecular flexibility index (Phi) is 4.91. The van der Waals surface area contributed by atoms with E-state index in [4.69, 9.17) is 16.7 Å². The number of aromatic carboxylic acids is 1. The van der Waals surface area contributed by atoms with Gasteiger partial charge in [-0.25, -0.2) is 9.18 Å². The smallest absolute Gasteiger partial charge is 0.337 e. The molecule has 2 rings (SSSR count). The molecule has 2 aromatic rings. The summed E-state index contributed by atoms with van der Waals surface area (Å²) in [5, 5.41) is 11.7. The number of halogens is 2. The van der Waals surface area contributed by atoms with Crippen molar-refractivity contribution in [2.24, 2.45) is 0 Å². The molecule has 6 heteroatoms. The zero-order valence-corrected chi connectivity index (χ0v) is 12.0. The Bertz CT molecular complexity index is 759. The number of hydrogen-bond acceptors (Lipinski definition) is 2. The van der Waals surface area contributed by atoms with Gasteiger partial charge in [-0.1, -0.05) is 29.8 Å². The topological polar surface area (TPSA) is 66.4 Å². The van der Waals surface area contributed by atoms with Crippen molar-refractivity contribution in [2.75, 3.05) is 5.32 Å². The predicted molar refractivity (Wildman–Crippen MR) is 82.5 cm³/mol. The van der Waals surface area contributed by atoms with E-state index in [1.54, 1.807) is 12.1 Å². The van der Waals surface area contributed by atoms with Crippen molar-refractivity contribution < 1.29 is 19.1 Å². The second kappa shape index (κ2) is 6.87. The highest BCUT2D eigenvalue weighted by Gasteiger charge is 2.12. The summed E-state index contributed by atoms with van der Waals surface area (Å²) in [6, 6.07) is 10.1. The first-order valence-electron chi connectivity index (χ1n) is 6.24. The molecule has 2 N–H and O–H groups in total. The molecule has 0 fully saturated rings. The van der Waals surface area contributed by atoms with E-state index < -0.39 is 17.7 Å². The lowest BCUT2D eigenvalue weighted by atomic mass is 10.1. The molecule has 0 aliphatic heterocycles. The average molecular weight is 320 g/mol. The second-order valence-corrected chi connectivity index (χ2v) is 4.78. The van der Waals surface area contributed by atoms with Gasteiger partial charge in [0.1, 0.15) is 5.82 Å². The summed E-state index contributed by atoms with van der Waals surface area (Å²) in [4.78, 5) is 22.9. The van der Waals surface area contributed by atoms with E-state index in [2.05, 4.69) is 5.32 Å². The van der Waals surface area contributed by atoms with Crippen LogP contribution in [-0.2, 0) is 4.79 Å². The van der Waals surface area contributed by atoms with Crippen molar-refractivity contribution in [3.63, 3.8) is 0 Å². The number of hydrogen-bond donors (Lipinski definition) is 2. The number of benzene rings is 2. The Hall–Kier alpha value is -2.66. The lowest BCUT2D eigenvalue weighted by molar-refractivity contribution is -0.111. The molecule has 0 bridgehead atoms. The molecule has 0 spiro atoms. The van der Waals surface area contributed by atoms with Crippen LogP contribution in [0, 0.1) is 5.82 Å². The molecule has 0 saturated heterocycles. The van der Waals surface area contributed by atoms with Gasteiger partial charge in [-0.05, 0) is 30.3 Å². The minimum absolute atomic E-state index is 0.111. The molecular formula is C16H11ClFNO3. The Morgan fingerprint density at radius 2 is 1.91 bits per heavy atom. The third-order valence-electron chi connectivity index (χ3n) is 2.79. The summed E-state index contributed by atoms with van der Waals surface area (Å²) in [5.41, 5.74) is 0.243. The van der Waals surface area contributed by atoms with Crippen LogP contribution in [0.4, 0.5) is 10.1 Å². The van der Waals surface area contributed by atoms with Gasteiger partial charge in [0, 0.05) is 16.7 Å². The van der Waals surface area contributed by atoms with Gasteiger partial charge < -0.3 is 10.4 Å². The van der Waals surface area contributed by atoms with E-state index in [1.807, 2.05) is 0 Å². The van der Waals surface area contributed by atoms with Gasteiger partial charge in [-0.2, -0.15) is 0 Å². The molecule has 22 heavy (non-hydrogen) atoms. The molecule has 0 aromatic heterocycles. The fourth-order valence-corrected chi connectivity index (χ4v) is 1.92. The average Bonchev–Trinajstić information content (AvgIpc) is 2.48. The van der Waals surface area contributed by atoms with Crippen molar-refractivity contribution in [3.05, 3.63) is 70.5 Å². The molecule has 0 radical (unpaired) electrons. The second-order valence-electron chi connectivity index (χ2n) is 4.34. The van der Waals surface area contributed by atoms with Crippen LogP contribution >= 0.6 is 11.6 Å². The maximum absolute atomic E-state index is 13.4. The lowest BCUT2D eigenvalue weighted by Gasteiger charge is -2.07. The molecule has 0 saturated carbocycles. The Morgan fingerprint density at radius 1 is 1.18 bits per heavy atom. The van der Waals surface area contributed by atoms with Gasteiger partial charge in [-0.15, -0.1) is 0 Å². The number of anilines is 1. The number of carbonyl (C=O) groups excluding carboxylic acids is 1. The molecular weight excluding hydrogens is 309 g/mol. The normalized spacial score (nSPS) is 10.6. The summed E-state index contributed by atoms with van der Waals surface area (Å²) >= 11 is 5.72. The molecule has 4 nitrogen and oxygen atoms in total. The maximum Gasteiger partial charge on any atom is 0.337 e. The van der Waals surface area contributed by atoms with E-state index in [0.717, 1.165) is 6.08 Å². The van der Waals surface area contributed by atoms with Crippen molar-refractivity contribution in [1.82, 2.24) is 0 Å². The largest absolute Gasteiger partial charge is 0.478 e. The Morgan fingerprint density at radius 3 is 2.59 bits per heavy atom. The number of carboxylic acid groups (broad SMARTS) is 1. The fraction of sp³-hybridized carbons (Fsp3) is 0. The molecule has 0 atom stereocenters. The number of carboxylic acids is 1. The first-order chi connectivity index (χ1) is 10.5. The van der Waals surface area contributed by atoms with Gasteiger partial charge in [-0.3, -0.25) is 4.79 Å². The third-order valence-corrected chi connectivity index (χ3v) is 3.02. The summed E-state index contributed by atoms with van der Waals surface area (Å²) in [6.07, 6.45) is 2.43. The summed E-state index contributed by atoms with van der Waals surface area (Å²) in [7, 11) is 0. The van der Waals surface area contributed by atoms with Gasteiger partial charge in [0.25, 0.3) is 0 Å². The van der Waals surface area contributed by atoms with Crippen LogP contribution in [0.1, 0.15) is 15.9 Å². The monoisotopic (exact) mass is 319 g/mol. The molecule has 0 unspecified atom stereocenters. The lowest BCUT2D eigenvalue weighted by Crippen LogP contribution is -2.12. The number of carbonyl (C=O) groups is 2. The first-order valence-corrected chi connectivity index (χ1v) is 6.61. The van der Waals surface area contributed by atoms with E-state index in [-0.39, 0.29) is 21.8 Å². The van der Waals surface area contributed by atoms with Crippen molar-refractivity contribution in [1.29, 1.82) is 0 Å². The van der Waals surface area contributed by atoms with Gasteiger partial charge in [0.15, 0.2) is 0 Å². The van der Waals surface area contributed by atoms with Gasteiger partial charge >= 0.3 is 5.97 Å². The summed E-state index contributed by atoms with van der Waals surface area (Å²) in [5.74, 6) is -2.24. The molecule has 2 aromatic carbocycles. The quantitative estimate of drug-likeness (QED) is 0.842. The summed E-state index contributed by atoms with van der Waals surface area (Å²) < 4.78 is 13.4. The van der Waals surface area contributed by atoms with Crippen molar-refractivity contribution in [2.45, 2.75) is 0 Å². The van der Waals surface area contributed by atoms with E-state index >= 15 is 0 Å². The Labute approximate surface area is 130 Å². The third kappa shape index (κ3) is 3.93. The first kappa shape index (κ1) is 15.7. The SMILES string of the molecule is O=C(/C=C/c1ccccc1F)Nc1ccc(Cl)cc1C(=O)O. The van der Waals surface area contributed by atoms with E-state index in [1.165, 1.54) is 36.4 Å².